The lowest BCUT2D eigenvalue weighted by molar-refractivity contribution is -0.143. The first kappa shape index (κ1) is 15.7. The fourth-order valence-electron chi connectivity index (χ4n) is 2.46. The van der Waals surface area contributed by atoms with E-state index in [1.165, 1.54) is 7.11 Å². The molecule has 1 unspecified atom stereocenters. The van der Waals surface area contributed by atoms with Crippen LogP contribution in [-0.2, 0) is 9.53 Å². The molecule has 0 spiro atoms. The highest BCUT2D eigenvalue weighted by Gasteiger charge is 2.21. The van der Waals surface area contributed by atoms with E-state index in [-0.39, 0.29) is 12.0 Å². The predicted molar refractivity (Wildman–Crippen MR) is 80.2 cm³/mol. The van der Waals surface area contributed by atoms with Gasteiger partial charge in [-0.3, -0.25) is 9.69 Å². The molecule has 0 aromatic carbocycles. The summed E-state index contributed by atoms with van der Waals surface area (Å²) in [7, 11) is 3.21. The summed E-state index contributed by atoms with van der Waals surface area (Å²) < 4.78 is 4.77. The van der Waals surface area contributed by atoms with Crippen molar-refractivity contribution in [3.8, 4) is 0 Å². The number of nitrogens with one attached hydrogen (secondary N) is 1. The number of esters is 1. The molecular weight excluding hydrogens is 270 g/mol. The molecule has 0 saturated carbocycles. The van der Waals surface area contributed by atoms with Gasteiger partial charge in [0.05, 0.1) is 7.11 Å². The Bertz CT molecular complexity index is 434. The molecule has 1 aliphatic rings. The van der Waals surface area contributed by atoms with Crippen LogP contribution in [0.4, 0.5) is 5.95 Å². The second kappa shape index (κ2) is 7.90. The standard InChI is InChI=1S/C14H23N5O2/c1-15-12(13(20)21-2)4-7-18-8-10-19(11-9-18)14-16-5-3-6-17-14/h3,5-6,12,15H,4,7-11H2,1-2H3. The van der Waals surface area contributed by atoms with Crippen LogP contribution in [0.5, 0.6) is 0 Å². The minimum Gasteiger partial charge on any atom is -0.468 e. The number of carbonyl (C=O) groups is 1. The highest BCUT2D eigenvalue weighted by molar-refractivity contribution is 5.75. The maximum atomic E-state index is 11.5. The largest absolute Gasteiger partial charge is 0.468 e. The summed E-state index contributed by atoms with van der Waals surface area (Å²) in [5.41, 5.74) is 0. The number of hydrogen-bond acceptors (Lipinski definition) is 7. The number of carbonyl (C=O) groups excluding carboxylic acids is 1. The topological polar surface area (TPSA) is 70.6 Å². The second-order valence-corrected chi connectivity index (χ2v) is 5.03. The van der Waals surface area contributed by atoms with Crippen molar-refractivity contribution in [2.24, 2.45) is 0 Å². The first-order chi connectivity index (χ1) is 10.2. The molecule has 0 radical (unpaired) electrons. The van der Waals surface area contributed by atoms with Crippen LogP contribution in [0, 0.1) is 0 Å². The summed E-state index contributed by atoms with van der Waals surface area (Å²) >= 11 is 0. The normalized spacial score (nSPS) is 17.5. The SMILES string of the molecule is CNC(CCN1CCN(c2ncccn2)CC1)C(=O)OC. The Morgan fingerprint density at radius 1 is 1.33 bits per heavy atom. The quantitative estimate of drug-likeness (QED) is 0.725. The Balaban J connectivity index is 1.75. The summed E-state index contributed by atoms with van der Waals surface area (Å²) in [4.78, 5) is 24.6. The van der Waals surface area contributed by atoms with Crippen molar-refractivity contribution in [3.63, 3.8) is 0 Å². The Labute approximate surface area is 125 Å². The maximum absolute atomic E-state index is 11.5. The first-order valence-corrected chi connectivity index (χ1v) is 7.24. The Kier molecular flexibility index (Phi) is 5.89. The number of piperazine rings is 1. The van der Waals surface area contributed by atoms with Gasteiger partial charge in [-0.15, -0.1) is 0 Å². The maximum Gasteiger partial charge on any atom is 0.322 e. The number of likely N-dealkylation sites (N-methyl/N-ethyl adjacent to an activating group) is 1. The van der Waals surface area contributed by atoms with Crippen LogP contribution in [-0.4, -0.2) is 73.8 Å². The van der Waals surface area contributed by atoms with Gasteiger partial charge in [-0.25, -0.2) is 9.97 Å². The lowest BCUT2D eigenvalue weighted by atomic mass is 10.2. The number of aromatic nitrogens is 2. The van der Waals surface area contributed by atoms with Crippen LogP contribution in [0.2, 0.25) is 0 Å². The Morgan fingerprint density at radius 3 is 2.57 bits per heavy atom. The molecule has 2 heterocycles. The minimum absolute atomic E-state index is 0.200. The Morgan fingerprint density at radius 2 is 2.00 bits per heavy atom. The van der Waals surface area contributed by atoms with Crippen LogP contribution in [0.1, 0.15) is 6.42 Å². The number of hydrogen-bond donors (Lipinski definition) is 1. The molecule has 7 heteroatoms. The van der Waals surface area contributed by atoms with Gasteiger partial charge in [0.25, 0.3) is 0 Å². The summed E-state index contributed by atoms with van der Waals surface area (Å²) in [6.07, 6.45) is 4.29. The Hall–Kier alpha value is -1.73. The lowest BCUT2D eigenvalue weighted by Gasteiger charge is -2.35. The van der Waals surface area contributed by atoms with Gasteiger partial charge >= 0.3 is 5.97 Å². The molecule has 0 bridgehead atoms. The molecule has 2 rings (SSSR count). The zero-order chi connectivity index (χ0) is 15.1. The zero-order valence-electron chi connectivity index (χ0n) is 12.7. The molecule has 1 aromatic heterocycles. The molecule has 1 saturated heterocycles. The van der Waals surface area contributed by atoms with E-state index in [1.807, 2.05) is 6.07 Å². The highest BCUT2D eigenvalue weighted by atomic mass is 16.5. The number of nitrogens with zero attached hydrogens (tertiary/aromatic N) is 4. The number of methoxy groups -OCH3 is 1. The van der Waals surface area contributed by atoms with Gasteiger partial charge in [0.2, 0.25) is 5.95 Å². The van der Waals surface area contributed by atoms with Crippen molar-refractivity contribution in [2.75, 3.05) is 51.8 Å². The molecule has 116 valence electrons. The van der Waals surface area contributed by atoms with Crippen molar-refractivity contribution in [1.29, 1.82) is 0 Å². The van der Waals surface area contributed by atoms with E-state index in [1.54, 1.807) is 19.4 Å². The minimum atomic E-state index is -0.231. The molecule has 1 aliphatic heterocycles. The monoisotopic (exact) mass is 293 g/mol. The third-order valence-corrected chi connectivity index (χ3v) is 3.78. The van der Waals surface area contributed by atoms with E-state index in [0.29, 0.717) is 0 Å². The molecule has 7 nitrogen and oxygen atoms in total. The summed E-state index contributed by atoms with van der Waals surface area (Å²) in [6, 6.07) is 1.59. The molecule has 1 fully saturated rings. The summed E-state index contributed by atoms with van der Waals surface area (Å²) in [5.74, 6) is 0.591. The average Bonchev–Trinajstić information content (AvgIpc) is 2.56. The molecule has 0 amide bonds. The van der Waals surface area contributed by atoms with Gasteiger partial charge in [-0.05, 0) is 19.5 Å². The fraction of sp³-hybridized carbons (Fsp3) is 0.643. The number of anilines is 1. The van der Waals surface area contributed by atoms with Gasteiger partial charge in [0.1, 0.15) is 6.04 Å². The van der Waals surface area contributed by atoms with E-state index >= 15 is 0 Å². The van der Waals surface area contributed by atoms with Crippen molar-refractivity contribution >= 4 is 11.9 Å². The number of ether oxygens (including phenoxy) is 1. The molecule has 0 aliphatic carbocycles. The lowest BCUT2D eigenvalue weighted by Crippen LogP contribution is -2.48. The van der Waals surface area contributed by atoms with E-state index < -0.39 is 0 Å². The van der Waals surface area contributed by atoms with Crippen molar-refractivity contribution in [2.45, 2.75) is 12.5 Å². The second-order valence-electron chi connectivity index (χ2n) is 5.03. The van der Waals surface area contributed by atoms with Gasteiger partial charge in [-0.1, -0.05) is 0 Å². The van der Waals surface area contributed by atoms with Crippen molar-refractivity contribution < 1.29 is 9.53 Å². The van der Waals surface area contributed by atoms with Crippen LogP contribution in [0.3, 0.4) is 0 Å². The third kappa shape index (κ3) is 4.37. The molecule has 1 atom stereocenters. The third-order valence-electron chi connectivity index (χ3n) is 3.78. The van der Waals surface area contributed by atoms with E-state index in [4.69, 9.17) is 4.74 Å². The van der Waals surface area contributed by atoms with Crippen LogP contribution >= 0.6 is 0 Å². The predicted octanol–water partition coefficient (Wildman–Crippen LogP) is -0.250. The van der Waals surface area contributed by atoms with E-state index in [9.17, 15) is 4.79 Å². The first-order valence-electron chi connectivity index (χ1n) is 7.24. The van der Waals surface area contributed by atoms with Gasteiger partial charge in [0.15, 0.2) is 0 Å². The highest BCUT2D eigenvalue weighted by Crippen LogP contribution is 2.10. The smallest absolute Gasteiger partial charge is 0.322 e. The number of rotatable bonds is 6. The molecular formula is C14H23N5O2. The van der Waals surface area contributed by atoms with Crippen molar-refractivity contribution in [3.05, 3.63) is 18.5 Å². The van der Waals surface area contributed by atoms with Crippen LogP contribution < -0.4 is 10.2 Å². The van der Waals surface area contributed by atoms with Crippen LogP contribution in [0.15, 0.2) is 18.5 Å². The van der Waals surface area contributed by atoms with E-state index in [2.05, 4.69) is 25.1 Å². The zero-order valence-corrected chi connectivity index (χ0v) is 12.7. The fourth-order valence-corrected chi connectivity index (χ4v) is 2.46. The molecule has 1 N–H and O–H groups in total. The van der Waals surface area contributed by atoms with Gasteiger partial charge in [0, 0.05) is 45.1 Å². The average molecular weight is 293 g/mol. The molecule has 21 heavy (non-hydrogen) atoms. The van der Waals surface area contributed by atoms with Crippen LogP contribution in [0.25, 0.3) is 0 Å². The molecule has 1 aromatic rings. The summed E-state index contributed by atoms with van der Waals surface area (Å²) in [5, 5.41) is 3.00. The van der Waals surface area contributed by atoms with Crippen molar-refractivity contribution in [1.82, 2.24) is 20.2 Å². The van der Waals surface area contributed by atoms with Gasteiger partial charge in [-0.2, -0.15) is 0 Å². The summed E-state index contributed by atoms with van der Waals surface area (Å²) in [6.45, 7) is 4.61. The van der Waals surface area contributed by atoms with Gasteiger partial charge < -0.3 is 15.0 Å². The van der Waals surface area contributed by atoms with E-state index in [0.717, 1.165) is 45.1 Å².